The number of fused-ring (bicyclic) bond motifs is 1. The van der Waals surface area contributed by atoms with Gasteiger partial charge in [0.2, 0.25) is 0 Å². The first-order valence-corrected chi connectivity index (χ1v) is 6.52. The van der Waals surface area contributed by atoms with Gasteiger partial charge >= 0.3 is 0 Å². The van der Waals surface area contributed by atoms with Crippen LogP contribution in [0.4, 0.5) is 14.5 Å². The first-order chi connectivity index (χ1) is 9.15. The number of anilines is 1. The van der Waals surface area contributed by atoms with Crippen molar-refractivity contribution in [2.75, 3.05) is 5.32 Å². The molecule has 0 saturated carbocycles. The summed E-state index contributed by atoms with van der Waals surface area (Å²) in [4.78, 5) is 0. The van der Waals surface area contributed by atoms with Crippen LogP contribution in [-0.2, 0) is 6.42 Å². The van der Waals surface area contributed by atoms with E-state index in [2.05, 4.69) is 5.32 Å². The predicted octanol–water partition coefficient (Wildman–Crippen LogP) is 4.72. The molecule has 0 bridgehead atoms. The molecule has 1 N–H and O–H groups in total. The normalized spacial score (nSPS) is 17.3. The van der Waals surface area contributed by atoms with E-state index in [1.54, 1.807) is 12.1 Å². The van der Waals surface area contributed by atoms with Crippen LogP contribution in [0.1, 0.15) is 23.6 Å². The predicted molar refractivity (Wildman–Crippen MR) is 72.5 cm³/mol. The summed E-state index contributed by atoms with van der Waals surface area (Å²) in [5, 5.41) is 3.59. The largest absolute Gasteiger partial charge is 0.377 e. The summed E-state index contributed by atoms with van der Waals surface area (Å²) in [5.41, 5.74) is 2.39. The van der Waals surface area contributed by atoms with Crippen LogP contribution >= 0.6 is 11.6 Å². The third-order valence-electron chi connectivity index (χ3n) is 3.47. The molecule has 4 heteroatoms. The Morgan fingerprint density at radius 3 is 2.79 bits per heavy atom. The van der Waals surface area contributed by atoms with Crippen molar-refractivity contribution in [2.24, 2.45) is 0 Å². The summed E-state index contributed by atoms with van der Waals surface area (Å²) in [5.74, 6) is -0.527. The highest BCUT2D eigenvalue weighted by Crippen LogP contribution is 2.36. The van der Waals surface area contributed by atoms with Crippen molar-refractivity contribution in [1.29, 1.82) is 0 Å². The van der Waals surface area contributed by atoms with Crippen LogP contribution in [-0.4, -0.2) is 0 Å². The maximum absolute atomic E-state index is 13.6. The number of halogens is 3. The maximum atomic E-state index is 13.6. The maximum Gasteiger partial charge on any atom is 0.126 e. The van der Waals surface area contributed by atoms with Gasteiger partial charge in [0.05, 0.1) is 16.8 Å². The lowest BCUT2D eigenvalue weighted by Crippen LogP contribution is -2.07. The van der Waals surface area contributed by atoms with Crippen molar-refractivity contribution in [3.05, 3.63) is 64.2 Å². The molecule has 0 saturated heterocycles. The number of hydrogen-bond acceptors (Lipinski definition) is 1. The van der Waals surface area contributed by atoms with E-state index < -0.39 is 0 Å². The number of hydrogen-bond donors (Lipinski definition) is 1. The van der Waals surface area contributed by atoms with Crippen molar-refractivity contribution >= 4 is 17.3 Å². The molecule has 0 fully saturated rings. The molecule has 0 aromatic heterocycles. The van der Waals surface area contributed by atoms with E-state index in [-0.39, 0.29) is 17.7 Å². The zero-order valence-electron chi connectivity index (χ0n) is 10.1. The van der Waals surface area contributed by atoms with Crippen LogP contribution in [0, 0.1) is 11.6 Å². The van der Waals surface area contributed by atoms with Gasteiger partial charge in [-0.3, -0.25) is 0 Å². The van der Waals surface area contributed by atoms with E-state index >= 15 is 0 Å². The van der Waals surface area contributed by atoms with Crippen LogP contribution in [0.2, 0.25) is 5.02 Å². The van der Waals surface area contributed by atoms with Gasteiger partial charge in [-0.05, 0) is 48.2 Å². The molecule has 1 unspecified atom stereocenters. The van der Waals surface area contributed by atoms with Crippen molar-refractivity contribution < 1.29 is 8.78 Å². The van der Waals surface area contributed by atoms with Crippen LogP contribution in [0.15, 0.2) is 36.4 Å². The van der Waals surface area contributed by atoms with E-state index in [4.69, 9.17) is 11.6 Å². The molecule has 2 aromatic carbocycles. The third-order valence-corrected chi connectivity index (χ3v) is 3.79. The second-order valence-electron chi connectivity index (χ2n) is 4.67. The average Bonchev–Trinajstić information content (AvgIpc) is 2.78. The second kappa shape index (κ2) is 4.82. The smallest absolute Gasteiger partial charge is 0.126 e. The number of benzene rings is 2. The monoisotopic (exact) mass is 279 g/mol. The molecule has 1 nitrogen and oxygen atoms in total. The van der Waals surface area contributed by atoms with E-state index in [1.807, 2.05) is 6.07 Å². The van der Waals surface area contributed by atoms with E-state index in [0.717, 1.165) is 17.5 Å². The molecule has 19 heavy (non-hydrogen) atoms. The van der Waals surface area contributed by atoms with E-state index in [9.17, 15) is 8.78 Å². The summed E-state index contributed by atoms with van der Waals surface area (Å²) in [6, 6.07) is 9.36. The van der Waals surface area contributed by atoms with Gasteiger partial charge < -0.3 is 5.32 Å². The third kappa shape index (κ3) is 2.30. The zero-order chi connectivity index (χ0) is 13.4. The Kier molecular flexibility index (Phi) is 3.15. The number of nitrogens with one attached hydrogen (secondary N) is 1. The zero-order valence-corrected chi connectivity index (χ0v) is 10.8. The fraction of sp³-hybridized carbons (Fsp3) is 0.200. The van der Waals surface area contributed by atoms with Crippen LogP contribution in [0.3, 0.4) is 0 Å². The minimum absolute atomic E-state index is 0.0219. The summed E-state index contributed by atoms with van der Waals surface area (Å²) in [6.07, 6.45) is 1.52. The molecule has 3 rings (SSSR count). The Labute approximate surface area is 115 Å². The first kappa shape index (κ1) is 12.4. The first-order valence-electron chi connectivity index (χ1n) is 6.14. The molecule has 0 spiro atoms. The Morgan fingerprint density at radius 2 is 2.00 bits per heavy atom. The van der Waals surface area contributed by atoms with Crippen LogP contribution in [0.5, 0.6) is 0 Å². The summed E-state index contributed by atoms with van der Waals surface area (Å²) in [7, 11) is 0. The summed E-state index contributed by atoms with van der Waals surface area (Å²) in [6.45, 7) is 0. The van der Waals surface area contributed by atoms with Crippen molar-refractivity contribution in [3.63, 3.8) is 0 Å². The van der Waals surface area contributed by atoms with Gasteiger partial charge in [0.15, 0.2) is 0 Å². The van der Waals surface area contributed by atoms with Gasteiger partial charge in [0, 0.05) is 0 Å². The Bertz CT molecular complexity index is 628. The molecule has 1 aliphatic carbocycles. The lowest BCUT2D eigenvalue weighted by Gasteiger charge is -2.16. The molecule has 0 heterocycles. The van der Waals surface area contributed by atoms with Crippen LogP contribution in [0.25, 0.3) is 0 Å². The average molecular weight is 280 g/mol. The summed E-state index contributed by atoms with van der Waals surface area (Å²) >= 11 is 5.99. The van der Waals surface area contributed by atoms with Gasteiger partial charge in [0.25, 0.3) is 0 Å². The van der Waals surface area contributed by atoms with Gasteiger partial charge in [-0.2, -0.15) is 0 Å². The lowest BCUT2D eigenvalue weighted by atomic mass is 10.1. The topological polar surface area (TPSA) is 12.0 Å². The Morgan fingerprint density at radius 1 is 1.16 bits per heavy atom. The quantitative estimate of drug-likeness (QED) is 0.839. The van der Waals surface area contributed by atoms with Gasteiger partial charge in [0.1, 0.15) is 11.6 Å². The van der Waals surface area contributed by atoms with Crippen molar-refractivity contribution in [1.82, 2.24) is 0 Å². The lowest BCUT2D eigenvalue weighted by molar-refractivity contribution is 0.612. The van der Waals surface area contributed by atoms with Crippen molar-refractivity contribution in [2.45, 2.75) is 18.9 Å². The highest BCUT2D eigenvalue weighted by molar-refractivity contribution is 6.33. The molecular weight excluding hydrogens is 268 g/mol. The van der Waals surface area contributed by atoms with Crippen LogP contribution < -0.4 is 5.32 Å². The molecule has 1 atom stereocenters. The Balaban J connectivity index is 1.89. The van der Waals surface area contributed by atoms with Crippen molar-refractivity contribution in [3.8, 4) is 0 Å². The second-order valence-corrected chi connectivity index (χ2v) is 5.07. The molecule has 0 amide bonds. The molecule has 0 aliphatic heterocycles. The standard InChI is InChI=1S/C15H12ClF2N/c16-12-8-9(17)4-6-15(12)19-14-7-5-10-11(14)2-1-3-13(10)18/h1-4,6,8,14,19H,5,7H2. The number of rotatable bonds is 2. The molecule has 1 aliphatic rings. The SMILES string of the molecule is Fc1ccc(NC2CCc3c(F)cccc32)c(Cl)c1. The highest BCUT2D eigenvalue weighted by Gasteiger charge is 2.25. The highest BCUT2D eigenvalue weighted by atomic mass is 35.5. The molecule has 2 aromatic rings. The molecule has 0 radical (unpaired) electrons. The van der Waals surface area contributed by atoms with Gasteiger partial charge in [-0.15, -0.1) is 0 Å². The van der Waals surface area contributed by atoms with Gasteiger partial charge in [-0.1, -0.05) is 23.7 Å². The fourth-order valence-electron chi connectivity index (χ4n) is 2.55. The summed E-state index contributed by atoms with van der Waals surface area (Å²) < 4.78 is 26.6. The molecule has 98 valence electrons. The minimum atomic E-state index is -0.367. The van der Waals surface area contributed by atoms with E-state index in [0.29, 0.717) is 17.1 Å². The van der Waals surface area contributed by atoms with E-state index in [1.165, 1.54) is 18.2 Å². The molecular formula is C15H12ClF2N. The minimum Gasteiger partial charge on any atom is -0.377 e. The Hall–Kier alpha value is -1.61. The van der Waals surface area contributed by atoms with Gasteiger partial charge in [-0.25, -0.2) is 8.78 Å². The fourth-order valence-corrected chi connectivity index (χ4v) is 2.78.